The molecule has 12 nitrogen and oxygen atoms in total. The Kier molecular flexibility index (Phi) is 7.11. The molecule has 12 heteroatoms. The van der Waals surface area contributed by atoms with Gasteiger partial charge in [-0.15, -0.1) is 0 Å². The fourth-order valence-electron chi connectivity index (χ4n) is 5.24. The Balaban J connectivity index is 1.26. The fraction of sp³-hybridized carbons (Fsp3) is 0.300. The van der Waals surface area contributed by atoms with Crippen LogP contribution in [0.4, 0.5) is 27.9 Å². The number of ether oxygens (including phenoxy) is 1. The van der Waals surface area contributed by atoms with E-state index in [9.17, 15) is 9.59 Å². The molecule has 4 aromatic heterocycles. The highest BCUT2D eigenvalue weighted by Gasteiger charge is 2.47. The lowest BCUT2D eigenvalue weighted by Crippen LogP contribution is -2.50. The van der Waals surface area contributed by atoms with Gasteiger partial charge in [0.25, 0.3) is 5.91 Å². The Morgan fingerprint density at radius 3 is 2.50 bits per heavy atom. The van der Waals surface area contributed by atoms with Gasteiger partial charge in [0.1, 0.15) is 23.1 Å². The number of hydrogen-bond acceptors (Lipinski definition) is 10. The zero-order valence-corrected chi connectivity index (χ0v) is 23.6. The number of aromatic nitrogens is 5. The van der Waals surface area contributed by atoms with Crippen molar-refractivity contribution in [2.75, 3.05) is 28.6 Å². The van der Waals surface area contributed by atoms with Gasteiger partial charge in [0.05, 0.1) is 29.5 Å². The zero-order chi connectivity index (χ0) is 29.3. The number of amides is 2. The number of likely N-dealkylation sites (tertiary alicyclic amines) is 1. The van der Waals surface area contributed by atoms with E-state index >= 15 is 0 Å². The van der Waals surface area contributed by atoms with Crippen LogP contribution in [0.1, 0.15) is 37.6 Å². The largest absolute Gasteiger partial charge is 0.444 e. The van der Waals surface area contributed by atoms with E-state index in [1.54, 1.807) is 49.2 Å². The molecule has 4 aromatic rings. The monoisotopic (exact) mass is 565 g/mol. The number of hydrogen-bond donors (Lipinski definition) is 2. The minimum atomic E-state index is -0.533. The SMILES string of the molecule is CC(C)(C)OC(=O)N1CC2CC1CN2c1cc(-c2cc(NC(=O)c3cccnc3)cc(Nc3cnccn3)n2)ccn1. The quantitative estimate of drug-likeness (QED) is 0.343. The maximum atomic E-state index is 12.9. The van der Waals surface area contributed by atoms with Crippen LogP contribution in [0, 0.1) is 0 Å². The molecule has 0 aliphatic carbocycles. The molecule has 2 N–H and O–H groups in total. The van der Waals surface area contributed by atoms with E-state index in [1.807, 2.05) is 43.9 Å². The van der Waals surface area contributed by atoms with E-state index in [4.69, 9.17) is 9.72 Å². The smallest absolute Gasteiger partial charge is 0.410 e. The van der Waals surface area contributed by atoms with Gasteiger partial charge in [-0.05, 0) is 57.5 Å². The van der Waals surface area contributed by atoms with Gasteiger partial charge in [0.15, 0.2) is 0 Å². The molecule has 6 heterocycles. The van der Waals surface area contributed by atoms with Gasteiger partial charge < -0.3 is 25.2 Å². The van der Waals surface area contributed by atoms with Crippen molar-refractivity contribution in [3.05, 3.63) is 79.1 Å². The number of carbonyl (C=O) groups excluding carboxylic acids is 2. The summed E-state index contributed by atoms with van der Waals surface area (Å²) in [5.74, 6) is 1.52. The molecule has 2 aliphatic heterocycles. The summed E-state index contributed by atoms with van der Waals surface area (Å²) in [6.45, 7) is 6.90. The second-order valence-corrected chi connectivity index (χ2v) is 11.3. The second-order valence-electron chi connectivity index (χ2n) is 11.3. The molecule has 2 fully saturated rings. The van der Waals surface area contributed by atoms with Crippen molar-refractivity contribution in [3.63, 3.8) is 0 Å². The van der Waals surface area contributed by atoms with Gasteiger partial charge in [0.2, 0.25) is 0 Å². The number of nitrogens with zero attached hydrogens (tertiary/aromatic N) is 7. The van der Waals surface area contributed by atoms with Crippen LogP contribution in [-0.4, -0.2) is 72.6 Å². The van der Waals surface area contributed by atoms with Crippen molar-refractivity contribution in [3.8, 4) is 11.3 Å². The van der Waals surface area contributed by atoms with Gasteiger partial charge in [-0.2, -0.15) is 0 Å². The molecule has 0 aromatic carbocycles. The fourth-order valence-corrected chi connectivity index (χ4v) is 5.24. The molecule has 2 unspecified atom stereocenters. The van der Waals surface area contributed by atoms with Crippen molar-refractivity contribution in [2.45, 2.75) is 44.9 Å². The Morgan fingerprint density at radius 2 is 1.79 bits per heavy atom. The Hall–Kier alpha value is -5.13. The maximum absolute atomic E-state index is 12.9. The first-order valence-corrected chi connectivity index (χ1v) is 13.7. The van der Waals surface area contributed by atoms with E-state index in [0.29, 0.717) is 41.7 Å². The van der Waals surface area contributed by atoms with Crippen LogP contribution >= 0.6 is 0 Å². The topological polar surface area (TPSA) is 138 Å². The highest BCUT2D eigenvalue weighted by atomic mass is 16.6. The molecule has 2 bridgehead atoms. The second kappa shape index (κ2) is 11.0. The standard InChI is InChI=1S/C30H31N9O3/c1-30(2,3)42-29(41)39-18-22-14-23(39)17-38(22)27-11-19(6-8-34-27)24-12-21(35-28(40)20-5-4-7-31-15-20)13-25(36-24)37-26-16-32-9-10-33-26/h4-13,15-16,22-23H,14,17-18H2,1-3H3,(H2,33,35,36,37,40). The highest BCUT2D eigenvalue weighted by molar-refractivity contribution is 6.04. The van der Waals surface area contributed by atoms with Crippen LogP contribution in [0.15, 0.2) is 73.6 Å². The molecule has 2 atom stereocenters. The summed E-state index contributed by atoms with van der Waals surface area (Å²) >= 11 is 0. The molecule has 0 radical (unpaired) electrons. The van der Waals surface area contributed by atoms with Crippen molar-refractivity contribution >= 4 is 35.1 Å². The van der Waals surface area contributed by atoms with E-state index < -0.39 is 5.60 Å². The van der Waals surface area contributed by atoms with E-state index in [0.717, 1.165) is 17.8 Å². The summed E-state index contributed by atoms with van der Waals surface area (Å²) in [4.78, 5) is 51.6. The molecule has 214 valence electrons. The summed E-state index contributed by atoms with van der Waals surface area (Å²) < 4.78 is 5.61. The average Bonchev–Trinajstić information content (AvgIpc) is 3.59. The predicted molar refractivity (Wildman–Crippen MR) is 157 cm³/mol. The van der Waals surface area contributed by atoms with E-state index in [1.165, 1.54) is 6.20 Å². The Labute approximate surface area is 243 Å². The summed E-state index contributed by atoms with van der Waals surface area (Å²) in [5, 5.41) is 6.11. The summed E-state index contributed by atoms with van der Waals surface area (Å²) in [6.07, 6.45) is 10.2. The molecule has 0 saturated carbocycles. The number of carbonyl (C=O) groups is 2. The van der Waals surface area contributed by atoms with Crippen LogP contribution in [0.5, 0.6) is 0 Å². The van der Waals surface area contributed by atoms with E-state index in [2.05, 4.69) is 35.5 Å². The molecule has 6 rings (SSSR count). The van der Waals surface area contributed by atoms with Gasteiger partial charge >= 0.3 is 6.09 Å². The van der Waals surface area contributed by atoms with Crippen LogP contribution in [0.2, 0.25) is 0 Å². The molecule has 0 spiro atoms. The number of piperazine rings is 1. The lowest BCUT2D eigenvalue weighted by atomic mass is 10.1. The first-order valence-electron chi connectivity index (χ1n) is 13.7. The molecular formula is C30H31N9O3. The summed E-state index contributed by atoms with van der Waals surface area (Å²) in [7, 11) is 0. The molecular weight excluding hydrogens is 534 g/mol. The van der Waals surface area contributed by atoms with Gasteiger partial charge in [-0.1, -0.05) is 0 Å². The number of fused-ring (bicyclic) bond motifs is 2. The van der Waals surface area contributed by atoms with Crippen molar-refractivity contribution in [1.82, 2.24) is 29.8 Å². The van der Waals surface area contributed by atoms with Gasteiger partial charge in [0, 0.05) is 61.4 Å². The van der Waals surface area contributed by atoms with Crippen LogP contribution in [0.3, 0.4) is 0 Å². The van der Waals surface area contributed by atoms with Gasteiger partial charge in [-0.3, -0.25) is 14.8 Å². The van der Waals surface area contributed by atoms with Gasteiger partial charge in [-0.25, -0.2) is 19.7 Å². The first kappa shape index (κ1) is 27.1. The average molecular weight is 566 g/mol. The van der Waals surface area contributed by atoms with Crippen LogP contribution in [0.25, 0.3) is 11.3 Å². The minimum absolute atomic E-state index is 0.0715. The number of pyridine rings is 3. The van der Waals surface area contributed by atoms with Crippen molar-refractivity contribution < 1.29 is 14.3 Å². The molecule has 2 saturated heterocycles. The Morgan fingerprint density at radius 1 is 0.929 bits per heavy atom. The highest BCUT2D eigenvalue weighted by Crippen LogP contribution is 2.36. The molecule has 42 heavy (non-hydrogen) atoms. The van der Waals surface area contributed by atoms with Crippen molar-refractivity contribution in [2.24, 2.45) is 0 Å². The first-order chi connectivity index (χ1) is 20.2. The molecule has 2 aliphatic rings. The predicted octanol–water partition coefficient (Wildman–Crippen LogP) is 4.52. The third-order valence-corrected chi connectivity index (χ3v) is 7.03. The van der Waals surface area contributed by atoms with Crippen LogP contribution < -0.4 is 15.5 Å². The third kappa shape index (κ3) is 5.97. The summed E-state index contributed by atoms with van der Waals surface area (Å²) in [5.41, 5.74) is 1.91. The zero-order valence-electron chi connectivity index (χ0n) is 23.6. The normalized spacial score (nSPS) is 17.7. The summed E-state index contributed by atoms with van der Waals surface area (Å²) in [6, 6.07) is 11.1. The number of nitrogens with one attached hydrogen (secondary N) is 2. The number of anilines is 4. The van der Waals surface area contributed by atoms with E-state index in [-0.39, 0.29) is 24.1 Å². The van der Waals surface area contributed by atoms with Crippen LogP contribution in [-0.2, 0) is 4.74 Å². The van der Waals surface area contributed by atoms with Crippen molar-refractivity contribution in [1.29, 1.82) is 0 Å². The minimum Gasteiger partial charge on any atom is -0.444 e. The lowest BCUT2D eigenvalue weighted by molar-refractivity contribution is 0.0214. The Bertz CT molecular complexity index is 1590. The lowest BCUT2D eigenvalue weighted by Gasteiger charge is -2.35. The number of rotatable bonds is 6. The maximum Gasteiger partial charge on any atom is 0.410 e. The molecule has 2 amide bonds. The third-order valence-electron chi connectivity index (χ3n) is 7.03.